The fraction of sp³-hybridized carbons (Fsp3) is 0.250. The van der Waals surface area contributed by atoms with Gasteiger partial charge in [-0.05, 0) is 37.5 Å². The summed E-state index contributed by atoms with van der Waals surface area (Å²) < 4.78 is 103. The molecule has 21 nitrogen and oxygen atoms in total. The van der Waals surface area contributed by atoms with Gasteiger partial charge >= 0.3 is 88.7 Å². The molecular weight excluding hydrogens is 831 g/mol. The van der Waals surface area contributed by atoms with E-state index < -0.39 is 114 Å². The maximum absolute atomic E-state index is 13.4. The van der Waals surface area contributed by atoms with Crippen molar-refractivity contribution in [2.75, 3.05) is 26.2 Å². The van der Waals surface area contributed by atoms with Gasteiger partial charge < -0.3 is 59.8 Å². The molecule has 3 rings (SSSR count). The van der Waals surface area contributed by atoms with Crippen molar-refractivity contribution in [3.05, 3.63) is 53.1 Å². The fourth-order valence-corrected chi connectivity index (χ4v) is 6.05. The van der Waals surface area contributed by atoms with Crippen LogP contribution in [-0.2, 0) is 30.4 Å². The summed E-state index contributed by atoms with van der Waals surface area (Å²) in [5, 5.41) is 64.2. The van der Waals surface area contributed by atoms with Crippen LogP contribution in [0.15, 0.2) is 51.1 Å². The molecule has 3 aromatic carbocycles. The van der Waals surface area contributed by atoms with Crippen molar-refractivity contribution in [1.29, 1.82) is 0 Å². The zero-order valence-corrected chi connectivity index (χ0v) is 37.6. The quantitative estimate of drug-likeness (QED) is 0.0304. The van der Waals surface area contributed by atoms with E-state index >= 15 is 0 Å². The van der Waals surface area contributed by atoms with Crippen LogP contribution in [0.3, 0.4) is 0 Å². The predicted molar refractivity (Wildman–Crippen MR) is 168 cm³/mol. The Balaban J connectivity index is 0.00000972. The summed E-state index contributed by atoms with van der Waals surface area (Å²) in [6, 6.07) is 2.85. The van der Waals surface area contributed by atoms with Crippen LogP contribution in [0.25, 0.3) is 0 Å². The first kappa shape index (κ1) is 52.6. The van der Waals surface area contributed by atoms with Gasteiger partial charge in [0.2, 0.25) is 0 Å². The summed E-state index contributed by atoms with van der Waals surface area (Å²) in [4.78, 5) is 36.5. The second-order valence-corrected chi connectivity index (χ2v) is 14.9. The first-order valence-electron chi connectivity index (χ1n) is 14.3. The number of hydrogen-bond donors (Lipinski definition) is 8. The van der Waals surface area contributed by atoms with E-state index in [0.29, 0.717) is 36.4 Å². The number of amides is 3. The number of aromatic hydroxyl groups is 6. The maximum Gasteiger partial charge on any atom is 1.00 e. The van der Waals surface area contributed by atoms with Crippen molar-refractivity contribution in [1.82, 2.24) is 15.5 Å². The molecule has 0 atom stereocenters. The SMILES string of the molecule is O=C(NCCCCN(CCCNC(=O)c1cc(S(=O)(=O)[O-])cc(O)c1O)C(=O)c1cc(S(=O)(=O)[O-])cc(O)c1O)c1cc(S(=O)(=O)[O-])cc(O)c1O.[Na+].[Na+].[Na+]. The predicted octanol–water partition coefficient (Wildman–Crippen LogP) is -9.88. The summed E-state index contributed by atoms with van der Waals surface area (Å²) in [7, 11) is -15.5. The van der Waals surface area contributed by atoms with E-state index in [2.05, 4.69) is 10.6 Å². The van der Waals surface area contributed by atoms with E-state index in [1.807, 2.05) is 0 Å². The molecule has 0 radical (unpaired) electrons. The second-order valence-electron chi connectivity index (χ2n) is 10.7. The number of phenolic OH excluding ortho intramolecular Hbond substituents is 6. The molecule has 55 heavy (non-hydrogen) atoms. The number of benzene rings is 3. The van der Waals surface area contributed by atoms with Crippen LogP contribution >= 0.6 is 0 Å². The van der Waals surface area contributed by atoms with Crippen molar-refractivity contribution in [3.63, 3.8) is 0 Å². The third-order valence-electron chi connectivity index (χ3n) is 7.09. The van der Waals surface area contributed by atoms with Gasteiger partial charge in [-0.3, -0.25) is 14.4 Å². The molecule has 27 heteroatoms. The minimum absolute atomic E-state index is 0. The maximum atomic E-state index is 13.4. The molecule has 284 valence electrons. The van der Waals surface area contributed by atoms with E-state index in [4.69, 9.17) is 0 Å². The van der Waals surface area contributed by atoms with Gasteiger partial charge in [0, 0.05) is 44.4 Å². The van der Waals surface area contributed by atoms with Gasteiger partial charge in [0.05, 0.1) is 31.4 Å². The summed E-state index contributed by atoms with van der Waals surface area (Å²) in [5.74, 6) is -9.80. The number of hydrogen-bond acceptors (Lipinski definition) is 18. The third kappa shape index (κ3) is 14.2. The molecule has 0 saturated carbocycles. The van der Waals surface area contributed by atoms with Gasteiger partial charge in [0.15, 0.2) is 34.5 Å². The molecule has 3 amide bonds. The molecule has 0 spiro atoms. The summed E-state index contributed by atoms with van der Waals surface area (Å²) >= 11 is 0. The van der Waals surface area contributed by atoms with Crippen LogP contribution in [0.5, 0.6) is 34.5 Å². The standard InChI is InChI=1S/C28H31N3O18S3.3Na/c32-20-11-14(50(41,42)43)8-17(23(20)35)26(38)29-4-1-2-6-31(28(40)19-10-16(52(47,48)49)13-22(34)25(19)37)7-3-5-30-27(39)18-9-15(51(44,45)46)12-21(33)24(18)36;;;/h8-13,32-37H,1-7H2,(H,29,38)(H,30,39)(H,41,42,43)(H,44,45,46)(H,47,48,49);;;/q;3*+1/p-3. The monoisotopic (exact) mass is 859 g/mol. The molecule has 0 aliphatic heterocycles. The Bertz CT molecular complexity index is 2260. The van der Waals surface area contributed by atoms with Crippen molar-refractivity contribution in [2.24, 2.45) is 0 Å². The Hall–Kier alpha value is -2.40. The molecule has 0 unspecified atom stereocenters. The molecule has 0 aliphatic rings. The van der Waals surface area contributed by atoms with Crippen molar-refractivity contribution in [3.8, 4) is 34.5 Å². The number of phenols is 6. The molecular formula is C28H28N3Na3O18S3. The summed E-state index contributed by atoms with van der Waals surface area (Å²) in [6.45, 7) is -1.09. The van der Waals surface area contributed by atoms with Gasteiger partial charge in [-0.25, -0.2) is 25.3 Å². The second kappa shape index (κ2) is 21.4. The molecule has 0 fully saturated rings. The van der Waals surface area contributed by atoms with Gasteiger partial charge in [-0.2, -0.15) is 0 Å². The molecule has 0 bridgehead atoms. The Morgan fingerprint density at radius 1 is 0.509 bits per heavy atom. The van der Waals surface area contributed by atoms with Gasteiger partial charge in [-0.1, -0.05) is 0 Å². The van der Waals surface area contributed by atoms with E-state index in [1.54, 1.807) is 0 Å². The van der Waals surface area contributed by atoms with Crippen LogP contribution in [0.4, 0.5) is 0 Å². The number of unbranched alkanes of at least 4 members (excludes halogenated alkanes) is 1. The average molecular weight is 860 g/mol. The average Bonchev–Trinajstić information content (AvgIpc) is 3.03. The minimum atomic E-state index is -5.23. The summed E-state index contributed by atoms with van der Waals surface area (Å²) in [5.41, 5.74) is -2.35. The third-order valence-corrected chi connectivity index (χ3v) is 9.53. The van der Waals surface area contributed by atoms with Crippen molar-refractivity contribution in [2.45, 2.75) is 33.9 Å². The van der Waals surface area contributed by atoms with Crippen LogP contribution in [0.2, 0.25) is 0 Å². The van der Waals surface area contributed by atoms with E-state index in [9.17, 15) is 83.9 Å². The fourth-order valence-electron chi connectivity index (χ4n) is 4.50. The molecule has 0 aromatic heterocycles. The Labute approximate surface area is 379 Å². The van der Waals surface area contributed by atoms with Crippen molar-refractivity contribution < 1.29 is 173 Å². The Morgan fingerprint density at radius 2 is 0.818 bits per heavy atom. The zero-order valence-electron chi connectivity index (χ0n) is 29.2. The normalized spacial score (nSPS) is 11.3. The number of nitrogens with one attached hydrogen (secondary N) is 2. The first-order valence-corrected chi connectivity index (χ1v) is 18.6. The minimum Gasteiger partial charge on any atom is -0.744 e. The molecule has 8 N–H and O–H groups in total. The number of carbonyl (C=O) groups is 3. The van der Waals surface area contributed by atoms with E-state index in [0.717, 1.165) is 4.90 Å². The Kier molecular flexibility index (Phi) is 20.5. The Morgan fingerprint density at radius 3 is 1.18 bits per heavy atom. The van der Waals surface area contributed by atoms with E-state index in [1.165, 1.54) is 0 Å². The molecule has 0 heterocycles. The largest absolute Gasteiger partial charge is 1.00 e. The molecule has 0 saturated heterocycles. The van der Waals surface area contributed by atoms with Gasteiger partial charge in [0.25, 0.3) is 17.7 Å². The van der Waals surface area contributed by atoms with Crippen molar-refractivity contribution >= 4 is 48.1 Å². The molecule has 3 aromatic rings. The topological polar surface area (TPSA) is 371 Å². The first-order chi connectivity index (χ1) is 23.9. The zero-order chi connectivity index (χ0) is 39.3. The number of rotatable bonds is 15. The van der Waals surface area contributed by atoms with Crippen LogP contribution < -0.4 is 99.3 Å². The van der Waals surface area contributed by atoms with Crippen LogP contribution in [-0.4, -0.2) is 118 Å². The van der Waals surface area contributed by atoms with Crippen LogP contribution in [0.1, 0.15) is 50.3 Å². The molecule has 0 aliphatic carbocycles. The van der Waals surface area contributed by atoms with Crippen LogP contribution in [0, 0.1) is 0 Å². The number of nitrogens with zero attached hydrogens (tertiary/aromatic N) is 1. The van der Waals surface area contributed by atoms with Gasteiger partial charge in [-0.15, -0.1) is 0 Å². The summed E-state index contributed by atoms with van der Waals surface area (Å²) in [6.07, 6.45) is -0.0957. The number of carbonyl (C=O) groups excluding carboxylic acids is 3. The van der Waals surface area contributed by atoms with E-state index in [-0.39, 0.29) is 134 Å². The van der Waals surface area contributed by atoms with Gasteiger partial charge in [0.1, 0.15) is 30.4 Å². The smallest absolute Gasteiger partial charge is 0.744 e.